The monoisotopic (exact) mass is 720 g/mol. The van der Waals surface area contributed by atoms with Crippen LogP contribution in [-0.4, -0.2) is 115 Å². The molecule has 6 aliphatic rings. The molecule has 2 aliphatic heterocycles. The lowest BCUT2D eigenvalue weighted by Crippen LogP contribution is -2.74. The first-order valence-corrected chi connectivity index (χ1v) is 18.1. The van der Waals surface area contributed by atoms with Gasteiger partial charge in [0.05, 0.1) is 12.7 Å². The number of ketones is 2. The summed E-state index contributed by atoms with van der Waals surface area (Å²) in [5.74, 6) is -4.99. The quantitative estimate of drug-likeness (QED) is 0.131. The molecule has 2 saturated heterocycles. The fraction of sp³-hybridized carbons (Fsp3) is 0.816. The molecule has 6 rings (SSSR count). The molecule has 2 heterocycles. The van der Waals surface area contributed by atoms with E-state index in [0.717, 1.165) is 5.57 Å². The van der Waals surface area contributed by atoms with Crippen LogP contribution in [0.1, 0.15) is 88.0 Å². The first-order chi connectivity index (χ1) is 23.3. The number of hydrogen-bond acceptors (Lipinski definition) is 13. The lowest BCUT2D eigenvalue weighted by Gasteiger charge is -2.67. The number of allylic oxidation sites excluding steroid dienone is 1. The third-order valence-electron chi connectivity index (χ3n) is 14.4. The SMILES string of the molecule is CC(=O)OC(C)(C)/C=C/C(=O)[C@](C)(O)[C@H]1[C@H](O)C[C@@]2(C)[C@@H]3CC=C4[C@@H](C[C@@H]5O[C@H]6O[C@H](CO)[C@@H](O)[C@H](O)[C@H]6O[C@@]5(O)C4(C)C)[C@]3(C)C(=O)C[C@]12C. The van der Waals surface area contributed by atoms with Gasteiger partial charge >= 0.3 is 5.97 Å². The van der Waals surface area contributed by atoms with E-state index in [-0.39, 0.29) is 31.0 Å². The smallest absolute Gasteiger partial charge is 0.303 e. The molecule has 5 fully saturated rings. The molecule has 0 amide bonds. The molecule has 15 atom stereocenters. The summed E-state index contributed by atoms with van der Waals surface area (Å²) >= 11 is 0. The molecule has 0 aromatic heterocycles. The molecule has 286 valence electrons. The number of fused-ring (bicyclic) bond motifs is 7. The molecule has 0 radical (unpaired) electrons. The van der Waals surface area contributed by atoms with Crippen LogP contribution < -0.4 is 0 Å². The molecular weight excluding hydrogens is 664 g/mol. The number of aliphatic hydroxyl groups is 6. The number of esters is 1. The number of hydrogen-bond donors (Lipinski definition) is 6. The zero-order valence-electron chi connectivity index (χ0n) is 31.1. The third-order valence-corrected chi connectivity index (χ3v) is 14.4. The second-order valence-corrected chi connectivity index (χ2v) is 18.0. The highest BCUT2D eigenvalue weighted by molar-refractivity contribution is 5.97. The van der Waals surface area contributed by atoms with E-state index in [1.54, 1.807) is 13.8 Å². The second-order valence-electron chi connectivity index (χ2n) is 18.0. The zero-order chi connectivity index (χ0) is 38.1. The summed E-state index contributed by atoms with van der Waals surface area (Å²) in [4.78, 5) is 40.1. The summed E-state index contributed by atoms with van der Waals surface area (Å²) in [6.45, 7) is 14.8. The number of carbonyl (C=O) groups excluding carboxylic acids is 3. The van der Waals surface area contributed by atoms with Crippen molar-refractivity contribution in [3.8, 4) is 0 Å². The first kappa shape index (κ1) is 38.6. The van der Waals surface area contributed by atoms with Crippen molar-refractivity contribution < 1.29 is 64.0 Å². The summed E-state index contributed by atoms with van der Waals surface area (Å²) in [6, 6.07) is 0. The van der Waals surface area contributed by atoms with Crippen LogP contribution in [0.2, 0.25) is 0 Å². The molecule has 0 spiro atoms. The van der Waals surface area contributed by atoms with Gasteiger partial charge in [0.2, 0.25) is 5.79 Å². The molecule has 13 heteroatoms. The number of Topliss-reactive ketones (excluding diaryl/α,β-unsaturated/α-hetero) is 1. The van der Waals surface area contributed by atoms with Crippen molar-refractivity contribution in [2.45, 2.75) is 148 Å². The predicted molar refractivity (Wildman–Crippen MR) is 179 cm³/mol. The van der Waals surface area contributed by atoms with E-state index in [1.165, 1.54) is 26.0 Å². The van der Waals surface area contributed by atoms with E-state index in [9.17, 15) is 45.0 Å². The van der Waals surface area contributed by atoms with Gasteiger partial charge in [0.15, 0.2) is 12.1 Å². The summed E-state index contributed by atoms with van der Waals surface area (Å²) in [5.41, 5.74) is -6.20. The van der Waals surface area contributed by atoms with Crippen molar-refractivity contribution in [1.82, 2.24) is 0 Å². The maximum absolute atomic E-state index is 14.9. The zero-order valence-corrected chi connectivity index (χ0v) is 31.1. The molecule has 0 bridgehead atoms. The van der Waals surface area contributed by atoms with Crippen molar-refractivity contribution in [2.75, 3.05) is 6.61 Å². The molecule has 13 nitrogen and oxygen atoms in total. The van der Waals surface area contributed by atoms with E-state index in [0.29, 0.717) is 6.42 Å². The minimum atomic E-state index is -2.06. The van der Waals surface area contributed by atoms with Crippen molar-refractivity contribution in [1.29, 1.82) is 0 Å². The van der Waals surface area contributed by atoms with Gasteiger partial charge in [0.1, 0.15) is 47.5 Å². The molecular formula is C38H56O13. The average Bonchev–Trinajstić information content (AvgIpc) is 3.22. The van der Waals surface area contributed by atoms with Gasteiger partial charge in [0.25, 0.3) is 0 Å². The Morgan fingerprint density at radius 1 is 1.04 bits per heavy atom. The van der Waals surface area contributed by atoms with E-state index in [1.807, 2.05) is 40.7 Å². The van der Waals surface area contributed by atoms with Crippen LogP contribution in [0.3, 0.4) is 0 Å². The molecule has 3 saturated carbocycles. The molecule has 6 N–H and O–H groups in total. The van der Waals surface area contributed by atoms with Gasteiger partial charge in [-0.05, 0) is 74.9 Å². The maximum Gasteiger partial charge on any atom is 0.303 e. The van der Waals surface area contributed by atoms with Crippen LogP contribution >= 0.6 is 0 Å². The van der Waals surface area contributed by atoms with E-state index < -0.39 is 112 Å². The van der Waals surface area contributed by atoms with E-state index in [2.05, 4.69) is 0 Å². The average molecular weight is 721 g/mol. The van der Waals surface area contributed by atoms with Crippen LogP contribution in [0.25, 0.3) is 0 Å². The Morgan fingerprint density at radius 2 is 1.69 bits per heavy atom. The van der Waals surface area contributed by atoms with Gasteiger partial charge in [-0.3, -0.25) is 14.4 Å². The van der Waals surface area contributed by atoms with Crippen LogP contribution in [0.4, 0.5) is 0 Å². The van der Waals surface area contributed by atoms with Gasteiger partial charge in [-0.25, -0.2) is 0 Å². The van der Waals surface area contributed by atoms with Gasteiger partial charge in [-0.1, -0.05) is 46.3 Å². The number of carbonyl (C=O) groups is 3. The van der Waals surface area contributed by atoms with Gasteiger partial charge < -0.3 is 49.6 Å². The number of aliphatic hydroxyl groups excluding tert-OH is 4. The fourth-order valence-electron chi connectivity index (χ4n) is 11.5. The fourth-order valence-corrected chi connectivity index (χ4v) is 11.5. The Bertz CT molecular complexity index is 1530. The minimum Gasteiger partial charge on any atom is -0.456 e. The predicted octanol–water partition coefficient (Wildman–Crippen LogP) is 1.48. The Balaban J connectivity index is 1.35. The highest BCUT2D eigenvalue weighted by Gasteiger charge is 2.76. The third kappa shape index (κ3) is 5.24. The van der Waals surface area contributed by atoms with Gasteiger partial charge in [0, 0.05) is 30.1 Å². The lowest BCUT2D eigenvalue weighted by molar-refractivity contribution is -0.453. The first-order valence-electron chi connectivity index (χ1n) is 18.1. The molecule has 4 aliphatic carbocycles. The van der Waals surface area contributed by atoms with Crippen LogP contribution in [0.5, 0.6) is 0 Å². The van der Waals surface area contributed by atoms with Crippen molar-refractivity contribution in [2.24, 2.45) is 39.4 Å². The Labute approximate surface area is 299 Å². The summed E-state index contributed by atoms with van der Waals surface area (Å²) in [5, 5.41) is 67.2. The van der Waals surface area contributed by atoms with Crippen LogP contribution in [0, 0.1) is 39.4 Å². The van der Waals surface area contributed by atoms with Crippen LogP contribution in [0.15, 0.2) is 23.8 Å². The van der Waals surface area contributed by atoms with E-state index in [4.69, 9.17) is 18.9 Å². The number of rotatable bonds is 6. The summed E-state index contributed by atoms with van der Waals surface area (Å²) < 4.78 is 23.6. The summed E-state index contributed by atoms with van der Waals surface area (Å²) in [7, 11) is 0. The highest BCUT2D eigenvalue weighted by atomic mass is 16.8. The van der Waals surface area contributed by atoms with Crippen molar-refractivity contribution in [3.63, 3.8) is 0 Å². The lowest BCUT2D eigenvalue weighted by atomic mass is 9.38. The van der Waals surface area contributed by atoms with Gasteiger partial charge in [-0.15, -0.1) is 0 Å². The molecule has 0 unspecified atom stereocenters. The number of ether oxygens (including phenoxy) is 4. The van der Waals surface area contributed by atoms with Crippen molar-refractivity contribution >= 4 is 17.5 Å². The largest absolute Gasteiger partial charge is 0.456 e. The topological polar surface area (TPSA) is 210 Å². The van der Waals surface area contributed by atoms with E-state index >= 15 is 0 Å². The maximum atomic E-state index is 14.9. The molecule has 0 aromatic carbocycles. The Kier molecular flexibility index (Phi) is 9.07. The molecule has 0 aromatic rings. The molecule has 51 heavy (non-hydrogen) atoms. The Morgan fingerprint density at radius 3 is 2.29 bits per heavy atom. The summed E-state index contributed by atoms with van der Waals surface area (Å²) in [6.07, 6.45) is -3.21. The van der Waals surface area contributed by atoms with Crippen LogP contribution in [-0.2, 0) is 33.3 Å². The van der Waals surface area contributed by atoms with Gasteiger partial charge in [-0.2, -0.15) is 0 Å². The second kappa shape index (κ2) is 12.0. The normalized spacial score (nSPS) is 48.7. The Hall–Kier alpha value is -2.07. The highest BCUT2D eigenvalue weighted by Crippen LogP contribution is 2.75. The standard InChI is InChI=1S/C38H56O13/c1-18(40)50-32(2,3)13-12-24(42)37(9,46)30-21(41)15-34(6)23-11-10-19-20(36(23,8)25(43)16-35(30,34)7)14-26-38(47,33(19,4)5)51-29-28(45)27(44)22(17-39)48-31(29)49-26/h10,12-13,20-23,26-31,39,41,44-47H,11,14-17H2,1-9H3/b13-12+/t20-,21-,22-,23+,26+,27-,28+,29-,30+,31-,34+,35-,36+,37+,38-/m1/s1. The van der Waals surface area contributed by atoms with Crippen molar-refractivity contribution in [3.05, 3.63) is 23.8 Å². The minimum absolute atomic E-state index is 0.0170.